The third kappa shape index (κ3) is 4.16. The fourth-order valence-electron chi connectivity index (χ4n) is 4.41. The van der Waals surface area contributed by atoms with Gasteiger partial charge in [-0.1, -0.05) is 12.5 Å². The van der Waals surface area contributed by atoms with Gasteiger partial charge in [0.05, 0.1) is 12.5 Å². The number of carbonyl (C=O) groups is 2. The van der Waals surface area contributed by atoms with Gasteiger partial charge in [0.1, 0.15) is 0 Å². The summed E-state index contributed by atoms with van der Waals surface area (Å²) in [6.07, 6.45) is 5.90. The van der Waals surface area contributed by atoms with Crippen molar-refractivity contribution in [1.82, 2.24) is 10.6 Å². The van der Waals surface area contributed by atoms with Crippen molar-refractivity contribution in [3.63, 3.8) is 0 Å². The number of thiophene rings is 1. The molecule has 1 heterocycles. The highest BCUT2D eigenvalue weighted by atomic mass is 32.1. The predicted octanol–water partition coefficient (Wildman–Crippen LogP) is 2.34. The number of amides is 2. The second-order valence-electron chi connectivity index (χ2n) is 7.25. The molecule has 2 aliphatic carbocycles. The minimum absolute atomic E-state index is 0.0273. The van der Waals surface area contributed by atoms with Crippen molar-refractivity contribution >= 4 is 23.2 Å². The van der Waals surface area contributed by atoms with E-state index in [0.29, 0.717) is 18.3 Å². The summed E-state index contributed by atoms with van der Waals surface area (Å²) < 4.78 is 0. The van der Waals surface area contributed by atoms with E-state index >= 15 is 0 Å². The summed E-state index contributed by atoms with van der Waals surface area (Å²) in [7, 11) is 0. The van der Waals surface area contributed by atoms with Crippen molar-refractivity contribution in [3.05, 3.63) is 22.4 Å². The van der Waals surface area contributed by atoms with Gasteiger partial charge >= 0.3 is 0 Å². The van der Waals surface area contributed by atoms with E-state index in [1.165, 1.54) is 13.3 Å². The minimum atomic E-state index is -0.242. The molecule has 6 heteroatoms. The quantitative estimate of drug-likeness (QED) is 0.763. The van der Waals surface area contributed by atoms with E-state index in [4.69, 9.17) is 5.73 Å². The molecule has 4 N–H and O–H groups in total. The molecule has 0 saturated heterocycles. The van der Waals surface area contributed by atoms with Crippen LogP contribution in [0, 0.1) is 11.8 Å². The number of nitrogens with one attached hydrogen (secondary N) is 2. The second kappa shape index (κ2) is 7.66. The van der Waals surface area contributed by atoms with Crippen LogP contribution in [0.15, 0.2) is 17.5 Å². The zero-order valence-electron chi connectivity index (χ0n) is 14.2. The van der Waals surface area contributed by atoms with Crippen LogP contribution in [0.1, 0.15) is 56.4 Å². The second-order valence-corrected chi connectivity index (χ2v) is 8.23. The number of nitrogens with two attached hydrogens (primary N) is 1. The van der Waals surface area contributed by atoms with Gasteiger partial charge in [-0.15, -0.1) is 11.3 Å². The standard InChI is InChI=1S/C18H27N3O2S/c1-11(22)20-15(16-6-3-7-24-16)10-17(23)21-18-12-4-2-5-13(18)9-14(19)8-12/h3,6-7,12-15,18H,2,4-5,8-10,19H2,1H3,(H,20,22)(H,21,23). The van der Waals surface area contributed by atoms with Crippen molar-refractivity contribution in [1.29, 1.82) is 0 Å². The third-order valence-electron chi connectivity index (χ3n) is 5.36. The highest BCUT2D eigenvalue weighted by molar-refractivity contribution is 7.10. The number of fused-ring (bicyclic) bond motifs is 2. The molecule has 5 nitrogen and oxygen atoms in total. The van der Waals surface area contributed by atoms with Crippen molar-refractivity contribution in [2.45, 2.75) is 63.6 Å². The maximum absolute atomic E-state index is 12.6. The summed E-state index contributed by atoms with van der Waals surface area (Å²) in [5, 5.41) is 8.13. The molecule has 3 unspecified atom stereocenters. The Balaban J connectivity index is 1.62. The van der Waals surface area contributed by atoms with Crippen LogP contribution in [-0.4, -0.2) is 23.9 Å². The summed E-state index contributed by atoms with van der Waals surface area (Å²) in [6, 6.07) is 4.21. The fourth-order valence-corrected chi connectivity index (χ4v) is 5.19. The van der Waals surface area contributed by atoms with Gasteiger partial charge in [0.25, 0.3) is 0 Å². The molecule has 1 aromatic heterocycles. The zero-order valence-corrected chi connectivity index (χ0v) is 15.0. The first-order chi connectivity index (χ1) is 11.5. The van der Waals surface area contributed by atoms with E-state index < -0.39 is 0 Å². The van der Waals surface area contributed by atoms with Gasteiger partial charge in [-0.3, -0.25) is 9.59 Å². The molecule has 24 heavy (non-hydrogen) atoms. The van der Waals surface area contributed by atoms with Gasteiger partial charge in [0.2, 0.25) is 11.8 Å². The molecule has 0 aromatic carbocycles. The van der Waals surface area contributed by atoms with Crippen molar-refractivity contribution in [2.24, 2.45) is 17.6 Å². The van der Waals surface area contributed by atoms with Crippen LogP contribution < -0.4 is 16.4 Å². The lowest BCUT2D eigenvalue weighted by atomic mass is 9.67. The Labute approximate surface area is 147 Å². The van der Waals surface area contributed by atoms with Crippen LogP contribution in [0.2, 0.25) is 0 Å². The smallest absolute Gasteiger partial charge is 0.222 e. The van der Waals surface area contributed by atoms with Crippen LogP contribution in [0.4, 0.5) is 0 Å². The lowest BCUT2D eigenvalue weighted by Crippen LogP contribution is -2.54. The summed E-state index contributed by atoms with van der Waals surface area (Å²) in [4.78, 5) is 25.1. The van der Waals surface area contributed by atoms with E-state index in [2.05, 4.69) is 10.6 Å². The van der Waals surface area contributed by atoms with E-state index in [1.807, 2.05) is 17.5 Å². The SMILES string of the molecule is CC(=O)NC(CC(=O)NC1C2CCCC1CC(N)C2)c1cccs1. The molecule has 1 aromatic rings. The van der Waals surface area contributed by atoms with Gasteiger partial charge in [0.15, 0.2) is 0 Å². The summed E-state index contributed by atoms with van der Waals surface area (Å²) in [5.41, 5.74) is 6.16. The third-order valence-corrected chi connectivity index (χ3v) is 6.34. The molecule has 132 valence electrons. The monoisotopic (exact) mass is 349 g/mol. The number of rotatable bonds is 5. The average molecular weight is 350 g/mol. The van der Waals surface area contributed by atoms with Crippen molar-refractivity contribution in [3.8, 4) is 0 Å². The van der Waals surface area contributed by atoms with Gasteiger partial charge in [-0.05, 0) is 49.0 Å². The van der Waals surface area contributed by atoms with Crippen LogP contribution in [0.5, 0.6) is 0 Å². The molecular weight excluding hydrogens is 322 g/mol. The van der Waals surface area contributed by atoms with E-state index in [-0.39, 0.29) is 29.9 Å². The van der Waals surface area contributed by atoms with E-state index in [0.717, 1.165) is 30.6 Å². The first-order valence-corrected chi connectivity index (χ1v) is 9.76. The fraction of sp³-hybridized carbons (Fsp3) is 0.667. The Morgan fingerprint density at radius 3 is 2.62 bits per heavy atom. The topological polar surface area (TPSA) is 84.2 Å². The van der Waals surface area contributed by atoms with Crippen LogP contribution in [-0.2, 0) is 9.59 Å². The summed E-state index contributed by atoms with van der Waals surface area (Å²) in [6.45, 7) is 1.49. The Kier molecular flexibility index (Phi) is 5.56. The van der Waals surface area contributed by atoms with Crippen LogP contribution >= 0.6 is 11.3 Å². The van der Waals surface area contributed by atoms with Crippen molar-refractivity contribution in [2.75, 3.05) is 0 Å². The first-order valence-electron chi connectivity index (χ1n) is 8.88. The average Bonchev–Trinajstić information content (AvgIpc) is 3.01. The summed E-state index contributed by atoms with van der Waals surface area (Å²) in [5.74, 6) is 0.941. The van der Waals surface area contributed by atoms with E-state index in [1.54, 1.807) is 11.3 Å². The molecule has 2 aliphatic rings. The highest BCUT2D eigenvalue weighted by Crippen LogP contribution is 2.39. The normalized spacial score (nSPS) is 30.4. The zero-order chi connectivity index (χ0) is 17.1. The highest BCUT2D eigenvalue weighted by Gasteiger charge is 2.40. The molecule has 2 saturated carbocycles. The van der Waals surface area contributed by atoms with Gasteiger partial charge < -0.3 is 16.4 Å². The Morgan fingerprint density at radius 2 is 2.04 bits per heavy atom. The van der Waals surface area contributed by atoms with Crippen LogP contribution in [0.25, 0.3) is 0 Å². The van der Waals surface area contributed by atoms with Gasteiger partial charge in [-0.25, -0.2) is 0 Å². The Bertz CT molecular complexity index is 561. The van der Waals surface area contributed by atoms with Crippen LogP contribution in [0.3, 0.4) is 0 Å². The lowest BCUT2D eigenvalue weighted by molar-refractivity contribution is -0.124. The number of hydrogen-bond acceptors (Lipinski definition) is 4. The molecular formula is C18H27N3O2S. The molecule has 0 aliphatic heterocycles. The lowest BCUT2D eigenvalue weighted by Gasteiger charge is -2.45. The Morgan fingerprint density at radius 1 is 1.33 bits per heavy atom. The van der Waals surface area contributed by atoms with Crippen molar-refractivity contribution < 1.29 is 9.59 Å². The molecule has 3 rings (SSSR count). The maximum Gasteiger partial charge on any atom is 0.222 e. The van der Waals surface area contributed by atoms with Gasteiger partial charge in [0, 0.05) is 23.9 Å². The number of carbonyl (C=O) groups excluding carboxylic acids is 2. The predicted molar refractivity (Wildman–Crippen MR) is 95.5 cm³/mol. The maximum atomic E-state index is 12.6. The first kappa shape index (κ1) is 17.4. The molecule has 3 atom stereocenters. The van der Waals surface area contributed by atoms with E-state index in [9.17, 15) is 9.59 Å². The largest absolute Gasteiger partial charge is 0.353 e. The number of hydrogen-bond donors (Lipinski definition) is 3. The molecule has 0 spiro atoms. The molecule has 0 radical (unpaired) electrons. The Hall–Kier alpha value is -1.40. The molecule has 2 amide bonds. The molecule has 2 bridgehead atoms. The minimum Gasteiger partial charge on any atom is -0.353 e. The van der Waals surface area contributed by atoms with Gasteiger partial charge in [-0.2, -0.15) is 0 Å². The summed E-state index contributed by atoms with van der Waals surface area (Å²) >= 11 is 1.57. The molecule has 2 fully saturated rings.